The molecule has 2 atom stereocenters. The van der Waals surface area contributed by atoms with Gasteiger partial charge in [-0.15, -0.1) is 0 Å². The molecule has 2 unspecified atom stereocenters. The fourth-order valence-electron chi connectivity index (χ4n) is 1.91. The zero-order valence-corrected chi connectivity index (χ0v) is 10.6. The SMILES string of the molecule is CCC(O)(C(C)=O)C(C)c1cccc(Cl)c1. The topological polar surface area (TPSA) is 37.3 Å². The molecule has 0 aliphatic rings. The molecule has 3 heteroatoms. The van der Waals surface area contributed by atoms with Crippen LogP contribution in [0.15, 0.2) is 24.3 Å². The minimum Gasteiger partial charge on any atom is -0.381 e. The zero-order chi connectivity index (χ0) is 12.3. The molecule has 0 saturated carbocycles. The highest BCUT2D eigenvalue weighted by atomic mass is 35.5. The fraction of sp³-hybridized carbons (Fsp3) is 0.462. The highest BCUT2D eigenvalue weighted by molar-refractivity contribution is 6.30. The van der Waals surface area contributed by atoms with E-state index in [2.05, 4.69) is 0 Å². The Bertz CT molecular complexity index is 389. The van der Waals surface area contributed by atoms with Crippen LogP contribution >= 0.6 is 11.6 Å². The number of ketones is 1. The lowest BCUT2D eigenvalue weighted by Gasteiger charge is -2.31. The van der Waals surface area contributed by atoms with Gasteiger partial charge < -0.3 is 5.11 Å². The molecule has 88 valence electrons. The third-order valence-corrected chi connectivity index (χ3v) is 3.45. The number of hydrogen-bond acceptors (Lipinski definition) is 2. The van der Waals surface area contributed by atoms with Gasteiger partial charge in [-0.3, -0.25) is 4.79 Å². The van der Waals surface area contributed by atoms with Gasteiger partial charge in [0.15, 0.2) is 5.78 Å². The van der Waals surface area contributed by atoms with Gasteiger partial charge in [0.05, 0.1) is 0 Å². The Kier molecular flexibility index (Phi) is 4.11. The second kappa shape index (κ2) is 4.98. The van der Waals surface area contributed by atoms with E-state index >= 15 is 0 Å². The van der Waals surface area contributed by atoms with Crippen molar-refractivity contribution in [3.8, 4) is 0 Å². The van der Waals surface area contributed by atoms with Crippen LogP contribution in [0.1, 0.15) is 38.7 Å². The Labute approximate surface area is 101 Å². The van der Waals surface area contributed by atoms with Crippen LogP contribution in [0.2, 0.25) is 5.02 Å². The summed E-state index contributed by atoms with van der Waals surface area (Å²) < 4.78 is 0. The summed E-state index contributed by atoms with van der Waals surface area (Å²) >= 11 is 5.90. The summed E-state index contributed by atoms with van der Waals surface area (Å²) in [7, 11) is 0. The van der Waals surface area contributed by atoms with Crippen molar-refractivity contribution < 1.29 is 9.90 Å². The highest BCUT2D eigenvalue weighted by Gasteiger charge is 2.37. The number of carbonyl (C=O) groups excluding carboxylic acids is 1. The molecule has 1 rings (SSSR count). The summed E-state index contributed by atoms with van der Waals surface area (Å²) in [5.74, 6) is -0.462. The molecule has 16 heavy (non-hydrogen) atoms. The number of carbonyl (C=O) groups is 1. The normalized spacial score (nSPS) is 16.6. The Morgan fingerprint density at radius 3 is 2.62 bits per heavy atom. The van der Waals surface area contributed by atoms with E-state index in [1.54, 1.807) is 12.1 Å². The summed E-state index contributed by atoms with van der Waals surface area (Å²) in [5.41, 5.74) is -0.419. The van der Waals surface area contributed by atoms with Crippen LogP contribution in [0.4, 0.5) is 0 Å². The van der Waals surface area contributed by atoms with Crippen molar-refractivity contribution in [3.63, 3.8) is 0 Å². The van der Waals surface area contributed by atoms with Crippen LogP contribution in [-0.2, 0) is 4.79 Å². The monoisotopic (exact) mass is 240 g/mol. The molecule has 1 aromatic rings. The third-order valence-electron chi connectivity index (χ3n) is 3.21. The van der Waals surface area contributed by atoms with Gasteiger partial charge in [-0.25, -0.2) is 0 Å². The number of aliphatic hydroxyl groups is 1. The highest BCUT2D eigenvalue weighted by Crippen LogP contribution is 2.32. The molecule has 0 fully saturated rings. The van der Waals surface area contributed by atoms with E-state index in [4.69, 9.17) is 11.6 Å². The minimum absolute atomic E-state index is 0.206. The lowest BCUT2D eigenvalue weighted by atomic mass is 9.79. The quantitative estimate of drug-likeness (QED) is 0.878. The summed E-state index contributed by atoms with van der Waals surface area (Å²) in [6, 6.07) is 7.26. The van der Waals surface area contributed by atoms with E-state index in [1.807, 2.05) is 26.0 Å². The Hall–Kier alpha value is -0.860. The smallest absolute Gasteiger partial charge is 0.161 e. The van der Waals surface area contributed by atoms with Gasteiger partial charge in [0.1, 0.15) is 5.60 Å². The van der Waals surface area contributed by atoms with Gasteiger partial charge in [0.2, 0.25) is 0 Å². The van der Waals surface area contributed by atoms with E-state index in [-0.39, 0.29) is 11.7 Å². The molecule has 0 heterocycles. The van der Waals surface area contributed by atoms with Crippen molar-refractivity contribution >= 4 is 17.4 Å². The number of rotatable bonds is 4. The van der Waals surface area contributed by atoms with Gasteiger partial charge in [-0.1, -0.05) is 37.6 Å². The average molecular weight is 241 g/mol. The first-order chi connectivity index (χ1) is 7.41. The van der Waals surface area contributed by atoms with Gasteiger partial charge in [-0.2, -0.15) is 0 Å². The fourth-order valence-corrected chi connectivity index (χ4v) is 2.11. The molecule has 0 saturated heterocycles. The molecule has 0 bridgehead atoms. The number of Topliss-reactive ketones (excluding diaryl/α,β-unsaturated/α-hetero) is 1. The van der Waals surface area contributed by atoms with Gasteiger partial charge in [0.25, 0.3) is 0 Å². The van der Waals surface area contributed by atoms with Crippen molar-refractivity contribution in [1.82, 2.24) is 0 Å². The molecular formula is C13H17ClO2. The van der Waals surface area contributed by atoms with Gasteiger partial charge in [-0.05, 0) is 31.0 Å². The molecule has 0 spiro atoms. The second-order valence-corrected chi connectivity index (χ2v) is 4.55. The first-order valence-electron chi connectivity index (χ1n) is 5.40. The van der Waals surface area contributed by atoms with E-state index in [0.717, 1.165) is 5.56 Å². The van der Waals surface area contributed by atoms with Crippen molar-refractivity contribution in [2.45, 2.75) is 38.7 Å². The van der Waals surface area contributed by atoms with Crippen molar-refractivity contribution in [2.75, 3.05) is 0 Å². The summed E-state index contributed by atoms with van der Waals surface area (Å²) in [5, 5.41) is 10.9. The molecule has 0 radical (unpaired) electrons. The maximum atomic E-state index is 11.5. The Morgan fingerprint density at radius 1 is 1.56 bits per heavy atom. The first-order valence-corrected chi connectivity index (χ1v) is 5.78. The lowest BCUT2D eigenvalue weighted by Crippen LogP contribution is -2.41. The van der Waals surface area contributed by atoms with Gasteiger partial charge in [0, 0.05) is 10.9 Å². The number of halogens is 1. The van der Waals surface area contributed by atoms with E-state index in [1.165, 1.54) is 6.92 Å². The van der Waals surface area contributed by atoms with Crippen LogP contribution in [0.3, 0.4) is 0 Å². The molecule has 0 amide bonds. The van der Waals surface area contributed by atoms with Gasteiger partial charge >= 0.3 is 0 Å². The van der Waals surface area contributed by atoms with E-state index in [9.17, 15) is 9.90 Å². The minimum atomic E-state index is -1.30. The second-order valence-electron chi connectivity index (χ2n) is 4.11. The average Bonchev–Trinajstić information content (AvgIpc) is 2.26. The van der Waals surface area contributed by atoms with Crippen LogP contribution in [-0.4, -0.2) is 16.5 Å². The standard InChI is InChI=1S/C13H17ClO2/c1-4-13(16,10(3)15)9(2)11-6-5-7-12(14)8-11/h5-9,16H,4H2,1-3H3. The van der Waals surface area contributed by atoms with Crippen molar-refractivity contribution in [2.24, 2.45) is 0 Å². The van der Waals surface area contributed by atoms with E-state index in [0.29, 0.717) is 11.4 Å². The maximum Gasteiger partial charge on any atom is 0.161 e. The molecule has 1 N–H and O–H groups in total. The van der Waals surface area contributed by atoms with Crippen LogP contribution in [0.5, 0.6) is 0 Å². The van der Waals surface area contributed by atoms with Crippen molar-refractivity contribution in [1.29, 1.82) is 0 Å². The predicted molar refractivity (Wildman–Crippen MR) is 65.8 cm³/mol. The summed E-state index contributed by atoms with van der Waals surface area (Å²) in [6.45, 7) is 5.07. The van der Waals surface area contributed by atoms with E-state index < -0.39 is 5.60 Å². The maximum absolute atomic E-state index is 11.5. The number of benzene rings is 1. The third kappa shape index (κ3) is 2.45. The molecule has 0 aromatic heterocycles. The van der Waals surface area contributed by atoms with Crippen LogP contribution in [0, 0.1) is 0 Å². The lowest BCUT2D eigenvalue weighted by molar-refractivity contribution is -0.137. The van der Waals surface area contributed by atoms with Crippen LogP contribution < -0.4 is 0 Å². The molecule has 0 aliphatic heterocycles. The molecular weight excluding hydrogens is 224 g/mol. The summed E-state index contributed by atoms with van der Waals surface area (Å²) in [4.78, 5) is 11.5. The predicted octanol–water partition coefficient (Wildman–Crippen LogP) is 3.17. The molecule has 0 aliphatic carbocycles. The Balaban J connectivity index is 3.09. The molecule has 2 nitrogen and oxygen atoms in total. The zero-order valence-electron chi connectivity index (χ0n) is 9.83. The van der Waals surface area contributed by atoms with Crippen LogP contribution in [0.25, 0.3) is 0 Å². The first kappa shape index (κ1) is 13.2. The molecule has 1 aromatic carbocycles. The number of hydrogen-bond donors (Lipinski definition) is 1. The van der Waals surface area contributed by atoms with Crippen molar-refractivity contribution in [3.05, 3.63) is 34.9 Å². The Morgan fingerprint density at radius 2 is 2.19 bits per heavy atom. The summed E-state index contributed by atoms with van der Waals surface area (Å²) in [6.07, 6.45) is 0.399. The largest absolute Gasteiger partial charge is 0.381 e.